The summed E-state index contributed by atoms with van der Waals surface area (Å²) in [6.45, 7) is 0. The summed E-state index contributed by atoms with van der Waals surface area (Å²) in [7, 11) is 5.17. The molecule has 0 aromatic carbocycles. The molecule has 0 saturated carbocycles. The van der Waals surface area contributed by atoms with Crippen LogP contribution in [0.2, 0.25) is 0 Å². The summed E-state index contributed by atoms with van der Waals surface area (Å²) in [4.78, 5) is 0. The molecule has 7 heteroatoms. The third-order valence-corrected chi connectivity index (χ3v) is 1.50. The molecule has 0 amide bonds. The number of halogens is 3. The van der Waals surface area contributed by atoms with Gasteiger partial charge in [0.25, 0.3) is 0 Å². The molecule has 0 unspecified atom stereocenters. The average Bonchev–Trinajstić information content (AvgIpc) is 1.74. The molecule has 0 aliphatic carbocycles. The standard InChI is InChI=1S/C5H7F3O2S.C4H12N/c1-11(9,10)4-2-3-5(6,7)8;1-5(2,3)4/h2-3H,4H2,1H3;1-4H3/q;+1. The van der Waals surface area contributed by atoms with Gasteiger partial charge >= 0.3 is 6.18 Å². The highest BCUT2D eigenvalue weighted by molar-refractivity contribution is 7.90. The predicted molar refractivity (Wildman–Crippen MR) is 58.9 cm³/mol. The van der Waals surface area contributed by atoms with Gasteiger partial charge in [-0.2, -0.15) is 13.2 Å². The van der Waals surface area contributed by atoms with Gasteiger partial charge in [-0.15, -0.1) is 0 Å². The van der Waals surface area contributed by atoms with Crippen LogP contribution in [0.4, 0.5) is 13.2 Å². The van der Waals surface area contributed by atoms with Crippen molar-refractivity contribution >= 4 is 9.84 Å². The van der Waals surface area contributed by atoms with Gasteiger partial charge in [-0.05, 0) is 0 Å². The summed E-state index contributed by atoms with van der Waals surface area (Å²) in [6.07, 6.45) is -3.07. The zero-order valence-corrected chi connectivity index (χ0v) is 11.0. The van der Waals surface area contributed by atoms with E-state index in [0.717, 1.165) is 10.7 Å². The van der Waals surface area contributed by atoms with Gasteiger partial charge in [0, 0.05) is 12.3 Å². The zero-order valence-electron chi connectivity index (χ0n) is 10.2. The van der Waals surface area contributed by atoms with Gasteiger partial charge in [-0.25, -0.2) is 8.42 Å². The Bertz CT molecular complexity index is 307. The molecule has 0 aromatic heterocycles. The van der Waals surface area contributed by atoms with E-state index in [9.17, 15) is 21.6 Å². The fourth-order valence-electron chi connectivity index (χ4n) is 0.357. The summed E-state index contributed by atoms with van der Waals surface area (Å²) in [5.74, 6) is -0.577. The number of allylic oxidation sites excluding steroid dienone is 1. The van der Waals surface area contributed by atoms with Crippen molar-refractivity contribution in [1.29, 1.82) is 0 Å². The quantitative estimate of drug-likeness (QED) is 0.558. The first-order valence-electron chi connectivity index (χ1n) is 4.42. The average molecular weight is 262 g/mol. The molecule has 3 nitrogen and oxygen atoms in total. The van der Waals surface area contributed by atoms with E-state index in [2.05, 4.69) is 28.2 Å². The molecular weight excluding hydrogens is 243 g/mol. The Labute approximate surface area is 95.1 Å². The Kier molecular flexibility index (Phi) is 6.95. The van der Waals surface area contributed by atoms with Gasteiger partial charge in [-0.1, -0.05) is 6.08 Å². The first-order chi connectivity index (χ1) is 6.71. The molecule has 0 aromatic rings. The van der Waals surface area contributed by atoms with Crippen molar-refractivity contribution in [1.82, 2.24) is 0 Å². The highest BCUT2D eigenvalue weighted by Crippen LogP contribution is 2.15. The van der Waals surface area contributed by atoms with Crippen LogP contribution < -0.4 is 0 Å². The van der Waals surface area contributed by atoms with E-state index in [1.165, 1.54) is 0 Å². The summed E-state index contributed by atoms with van der Waals surface area (Å²) < 4.78 is 55.6. The van der Waals surface area contributed by atoms with Crippen molar-refractivity contribution in [2.24, 2.45) is 0 Å². The van der Waals surface area contributed by atoms with Crippen LogP contribution in [0, 0.1) is 0 Å². The molecule has 0 fully saturated rings. The van der Waals surface area contributed by atoms with Gasteiger partial charge in [0.2, 0.25) is 0 Å². The number of nitrogens with zero attached hydrogens (tertiary/aromatic N) is 1. The van der Waals surface area contributed by atoms with E-state index in [1.54, 1.807) is 0 Å². The first kappa shape index (κ1) is 17.8. The number of alkyl halides is 3. The fraction of sp³-hybridized carbons (Fsp3) is 0.778. The Morgan fingerprint density at radius 3 is 1.62 bits per heavy atom. The third kappa shape index (κ3) is 37.6. The highest BCUT2D eigenvalue weighted by atomic mass is 32.2. The van der Waals surface area contributed by atoms with Crippen molar-refractivity contribution < 1.29 is 26.1 Å². The van der Waals surface area contributed by atoms with Crippen LogP contribution in [0.25, 0.3) is 0 Å². The van der Waals surface area contributed by atoms with Gasteiger partial charge in [0.1, 0.15) is 0 Å². The van der Waals surface area contributed by atoms with Crippen LogP contribution in [0.3, 0.4) is 0 Å². The molecule has 0 heterocycles. The minimum Gasteiger partial charge on any atom is -0.333 e. The Balaban J connectivity index is 0. The third-order valence-electron chi connectivity index (χ3n) is 0.706. The second-order valence-electron chi connectivity index (χ2n) is 4.72. The fourth-order valence-corrected chi connectivity index (χ4v) is 0.802. The smallest absolute Gasteiger partial charge is 0.333 e. The van der Waals surface area contributed by atoms with E-state index in [-0.39, 0.29) is 6.08 Å². The van der Waals surface area contributed by atoms with Crippen molar-refractivity contribution in [3.63, 3.8) is 0 Å². The molecule has 0 aliphatic rings. The number of quaternary nitrogens is 1. The van der Waals surface area contributed by atoms with Crippen LogP contribution in [0.1, 0.15) is 0 Å². The zero-order chi connectivity index (χ0) is 13.6. The molecular formula is C9H19F3NO2S+. The van der Waals surface area contributed by atoms with E-state index < -0.39 is 21.8 Å². The molecule has 0 saturated heterocycles. The maximum Gasteiger partial charge on any atom is 0.409 e. The SMILES string of the molecule is CS(=O)(=O)CC=CC(F)(F)F.C[N+](C)(C)C. The summed E-state index contributed by atoms with van der Waals surface area (Å²) in [5.41, 5.74) is 0. The molecule has 0 atom stereocenters. The molecule has 0 bridgehead atoms. The maximum absolute atomic E-state index is 11.3. The lowest BCUT2D eigenvalue weighted by Crippen LogP contribution is -2.27. The minimum absolute atomic E-state index is 0.0892. The van der Waals surface area contributed by atoms with E-state index >= 15 is 0 Å². The van der Waals surface area contributed by atoms with E-state index in [1.807, 2.05) is 0 Å². The lowest BCUT2D eigenvalue weighted by molar-refractivity contribution is -0.849. The maximum atomic E-state index is 11.3. The Hall–Kier alpha value is -0.560. The minimum atomic E-state index is -4.43. The molecule has 0 radical (unpaired) electrons. The monoisotopic (exact) mass is 262 g/mol. The Morgan fingerprint density at radius 1 is 1.12 bits per heavy atom. The summed E-state index contributed by atoms with van der Waals surface area (Å²) in [5, 5.41) is 0. The molecule has 0 N–H and O–H groups in total. The van der Waals surface area contributed by atoms with E-state index in [4.69, 9.17) is 0 Å². The van der Waals surface area contributed by atoms with Gasteiger partial charge < -0.3 is 4.48 Å². The van der Waals surface area contributed by atoms with Crippen LogP contribution in [0.15, 0.2) is 12.2 Å². The summed E-state index contributed by atoms with van der Waals surface area (Å²) in [6, 6.07) is 0. The second kappa shape index (κ2) is 6.24. The highest BCUT2D eigenvalue weighted by Gasteiger charge is 2.21. The largest absolute Gasteiger partial charge is 0.409 e. The van der Waals surface area contributed by atoms with Crippen molar-refractivity contribution in [2.75, 3.05) is 40.2 Å². The van der Waals surface area contributed by atoms with Crippen LogP contribution in [0.5, 0.6) is 0 Å². The molecule has 0 rings (SSSR count). The number of hydrogen-bond acceptors (Lipinski definition) is 2. The van der Waals surface area contributed by atoms with Crippen molar-refractivity contribution in [3.8, 4) is 0 Å². The molecule has 0 aliphatic heterocycles. The number of hydrogen-bond donors (Lipinski definition) is 0. The predicted octanol–water partition coefficient (Wildman–Crippen LogP) is 1.47. The lowest BCUT2D eigenvalue weighted by Gasteiger charge is -2.14. The molecule has 0 spiro atoms. The van der Waals surface area contributed by atoms with Crippen molar-refractivity contribution in [2.45, 2.75) is 6.18 Å². The van der Waals surface area contributed by atoms with Gasteiger partial charge in [0.15, 0.2) is 9.84 Å². The number of sulfone groups is 1. The van der Waals surface area contributed by atoms with E-state index in [0.29, 0.717) is 6.08 Å². The van der Waals surface area contributed by atoms with Crippen molar-refractivity contribution in [3.05, 3.63) is 12.2 Å². The van der Waals surface area contributed by atoms with Gasteiger partial charge in [-0.3, -0.25) is 0 Å². The first-order valence-corrected chi connectivity index (χ1v) is 6.48. The second-order valence-corrected chi connectivity index (χ2v) is 6.90. The number of rotatable bonds is 2. The summed E-state index contributed by atoms with van der Waals surface area (Å²) >= 11 is 0. The lowest BCUT2D eigenvalue weighted by atomic mass is 10.5. The van der Waals surface area contributed by atoms with Crippen LogP contribution in [-0.4, -0.2) is 59.3 Å². The molecule has 98 valence electrons. The van der Waals surface area contributed by atoms with Crippen LogP contribution >= 0.6 is 0 Å². The Morgan fingerprint density at radius 2 is 1.44 bits per heavy atom. The van der Waals surface area contributed by atoms with Gasteiger partial charge in [0.05, 0.1) is 33.9 Å². The van der Waals surface area contributed by atoms with Crippen LogP contribution in [-0.2, 0) is 9.84 Å². The topological polar surface area (TPSA) is 34.1 Å². The normalized spacial score (nSPS) is 13.5. The molecule has 16 heavy (non-hydrogen) atoms.